The number of anilines is 3. The van der Waals surface area contributed by atoms with Gasteiger partial charge in [-0.15, -0.1) is 0 Å². The zero-order chi connectivity index (χ0) is 28.5. The molecule has 1 saturated heterocycles. The second-order valence-corrected chi connectivity index (χ2v) is 11.7. The Bertz CT molecular complexity index is 1470. The number of pyridine rings is 1. The van der Waals surface area contributed by atoms with Crippen molar-refractivity contribution >= 4 is 34.3 Å². The highest BCUT2D eigenvalue weighted by Crippen LogP contribution is 2.43. The second-order valence-electron chi connectivity index (χ2n) is 11.7. The molecule has 2 saturated carbocycles. The van der Waals surface area contributed by atoms with Gasteiger partial charge in [0.2, 0.25) is 11.9 Å². The standard InChI is InChI=1S/C31H41N7O3/c1-4-28(39)33-21-7-9-22(10-8-21)38-29(40)18-24(20-5-6-20)25-19-32-31(35-30(25)38)34-26-12-11-23(17-27(26)41-3)37-15-13-36(2)14-16-37/h11-12,17-22H,4-10,13-16H2,1-3H3,(H,33,39)(H,32,34,35). The molecule has 0 spiro atoms. The SMILES string of the molecule is CCC(=O)NC1CCC(n2c(=O)cc(C3CC3)c3cnc(Nc4ccc(N5CCN(C)CC5)cc4OC)nc32)CC1. The molecule has 2 N–H and O–H groups in total. The van der Waals surface area contributed by atoms with Crippen LogP contribution < -0.4 is 25.8 Å². The predicted molar refractivity (Wildman–Crippen MR) is 161 cm³/mol. The third-order valence-electron chi connectivity index (χ3n) is 8.89. The number of amides is 1. The van der Waals surface area contributed by atoms with Crippen LogP contribution >= 0.6 is 0 Å². The molecule has 10 nitrogen and oxygen atoms in total. The predicted octanol–water partition coefficient (Wildman–Crippen LogP) is 4.18. The molecule has 3 aromatic rings. The number of rotatable bonds is 8. The molecule has 1 aromatic carbocycles. The largest absolute Gasteiger partial charge is 0.494 e. The van der Waals surface area contributed by atoms with Gasteiger partial charge in [-0.05, 0) is 69.2 Å². The van der Waals surface area contributed by atoms with E-state index in [-0.39, 0.29) is 23.6 Å². The fourth-order valence-corrected chi connectivity index (χ4v) is 6.26. The molecule has 0 unspecified atom stereocenters. The quantitative estimate of drug-likeness (QED) is 0.424. The molecule has 3 fully saturated rings. The minimum absolute atomic E-state index is 0.000737. The summed E-state index contributed by atoms with van der Waals surface area (Å²) >= 11 is 0. The number of benzene rings is 1. The summed E-state index contributed by atoms with van der Waals surface area (Å²) in [7, 11) is 3.83. The van der Waals surface area contributed by atoms with Gasteiger partial charge in [0.1, 0.15) is 11.4 Å². The molecule has 2 aromatic heterocycles. The molecule has 0 bridgehead atoms. The highest BCUT2D eigenvalue weighted by Gasteiger charge is 2.30. The minimum atomic E-state index is -0.000737. The number of nitrogens with one attached hydrogen (secondary N) is 2. The number of piperazine rings is 1. The van der Waals surface area contributed by atoms with Crippen LogP contribution in [0.2, 0.25) is 0 Å². The normalized spacial score (nSPS) is 21.6. The number of hydrogen-bond acceptors (Lipinski definition) is 8. The molecule has 3 aliphatic rings. The summed E-state index contributed by atoms with van der Waals surface area (Å²) in [6.45, 7) is 5.90. The van der Waals surface area contributed by atoms with Crippen LogP contribution in [-0.4, -0.2) is 71.7 Å². The summed E-state index contributed by atoms with van der Waals surface area (Å²) in [5.41, 5.74) is 3.66. The number of aromatic nitrogens is 3. The number of methoxy groups -OCH3 is 1. The van der Waals surface area contributed by atoms with Crippen LogP contribution in [0.15, 0.2) is 35.3 Å². The Morgan fingerprint density at radius 2 is 1.80 bits per heavy atom. The van der Waals surface area contributed by atoms with E-state index in [0.29, 0.717) is 23.9 Å². The number of ether oxygens (including phenoxy) is 1. The van der Waals surface area contributed by atoms with Crippen molar-refractivity contribution in [2.24, 2.45) is 0 Å². The second kappa shape index (κ2) is 11.7. The number of nitrogens with zero attached hydrogens (tertiary/aromatic N) is 5. The van der Waals surface area contributed by atoms with Gasteiger partial charge in [-0.25, -0.2) is 4.98 Å². The molecular formula is C31H41N7O3. The van der Waals surface area contributed by atoms with Crippen LogP contribution in [0.3, 0.4) is 0 Å². The van der Waals surface area contributed by atoms with Crippen LogP contribution in [0.5, 0.6) is 5.75 Å². The molecule has 3 heterocycles. The highest BCUT2D eigenvalue weighted by molar-refractivity contribution is 5.81. The van der Waals surface area contributed by atoms with Crippen molar-refractivity contribution in [2.45, 2.75) is 69.9 Å². The van der Waals surface area contributed by atoms with E-state index in [9.17, 15) is 9.59 Å². The summed E-state index contributed by atoms with van der Waals surface area (Å²) in [6.07, 6.45) is 7.88. The van der Waals surface area contributed by atoms with Crippen molar-refractivity contribution < 1.29 is 9.53 Å². The van der Waals surface area contributed by atoms with Gasteiger partial charge in [0.05, 0.1) is 12.8 Å². The van der Waals surface area contributed by atoms with E-state index in [0.717, 1.165) is 92.8 Å². The van der Waals surface area contributed by atoms with Gasteiger partial charge < -0.3 is 25.2 Å². The molecule has 0 atom stereocenters. The monoisotopic (exact) mass is 559 g/mol. The summed E-state index contributed by atoms with van der Waals surface area (Å²) in [6, 6.07) is 8.19. The minimum Gasteiger partial charge on any atom is -0.494 e. The van der Waals surface area contributed by atoms with Crippen molar-refractivity contribution in [2.75, 3.05) is 50.6 Å². The molecule has 0 radical (unpaired) electrons. The van der Waals surface area contributed by atoms with Crippen LogP contribution in [0.1, 0.15) is 69.4 Å². The Labute approximate surface area is 241 Å². The molecule has 218 valence electrons. The Morgan fingerprint density at radius 1 is 1.05 bits per heavy atom. The lowest BCUT2D eigenvalue weighted by molar-refractivity contribution is -0.121. The van der Waals surface area contributed by atoms with Gasteiger partial charge in [-0.3, -0.25) is 14.2 Å². The maximum absolute atomic E-state index is 13.6. The van der Waals surface area contributed by atoms with Crippen LogP contribution in [0, 0.1) is 0 Å². The summed E-state index contributed by atoms with van der Waals surface area (Å²) in [5, 5.41) is 7.44. The lowest BCUT2D eigenvalue weighted by atomic mass is 9.90. The van der Waals surface area contributed by atoms with E-state index in [1.807, 2.05) is 29.8 Å². The molecule has 6 rings (SSSR count). The first-order valence-corrected chi connectivity index (χ1v) is 15.0. The average Bonchev–Trinajstić information content (AvgIpc) is 3.83. The summed E-state index contributed by atoms with van der Waals surface area (Å²) in [5.74, 6) is 1.65. The maximum atomic E-state index is 13.6. The number of likely N-dealkylation sites (N-methyl/N-ethyl adjacent to an activating group) is 1. The molecular weight excluding hydrogens is 518 g/mol. The fraction of sp³-hybridized carbons (Fsp3) is 0.548. The van der Waals surface area contributed by atoms with Gasteiger partial charge in [-0.2, -0.15) is 4.98 Å². The van der Waals surface area contributed by atoms with Crippen LogP contribution in [0.25, 0.3) is 11.0 Å². The highest BCUT2D eigenvalue weighted by atomic mass is 16.5. The van der Waals surface area contributed by atoms with Gasteiger partial charge in [0.15, 0.2) is 0 Å². The van der Waals surface area contributed by atoms with E-state index in [1.54, 1.807) is 7.11 Å². The molecule has 1 amide bonds. The van der Waals surface area contributed by atoms with E-state index in [1.165, 1.54) is 0 Å². The molecule has 41 heavy (non-hydrogen) atoms. The first-order chi connectivity index (χ1) is 19.9. The van der Waals surface area contributed by atoms with Crippen molar-refractivity contribution in [3.63, 3.8) is 0 Å². The third kappa shape index (κ3) is 5.88. The van der Waals surface area contributed by atoms with Crippen molar-refractivity contribution in [1.29, 1.82) is 0 Å². The number of fused-ring (bicyclic) bond motifs is 1. The number of hydrogen-bond donors (Lipinski definition) is 2. The molecule has 2 aliphatic carbocycles. The van der Waals surface area contributed by atoms with E-state index in [4.69, 9.17) is 9.72 Å². The van der Waals surface area contributed by atoms with E-state index < -0.39 is 0 Å². The number of carbonyl (C=O) groups is 1. The van der Waals surface area contributed by atoms with Gasteiger partial charge >= 0.3 is 0 Å². The zero-order valence-corrected chi connectivity index (χ0v) is 24.4. The smallest absolute Gasteiger partial charge is 0.252 e. The summed E-state index contributed by atoms with van der Waals surface area (Å²) in [4.78, 5) is 39.8. The Balaban J connectivity index is 1.29. The first kappa shape index (κ1) is 27.5. The van der Waals surface area contributed by atoms with Gasteiger partial charge in [0.25, 0.3) is 5.56 Å². The van der Waals surface area contributed by atoms with Gasteiger partial charge in [-0.1, -0.05) is 6.92 Å². The first-order valence-electron chi connectivity index (χ1n) is 15.0. The molecule has 1 aliphatic heterocycles. The van der Waals surface area contributed by atoms with Crippen LogP contribution in [0.4, 0.5) is 17.3 Å². The average molecular weight is 560 g/mol. The van der Waals surface area contributed by atoms with Crippen molar-refractivity contribution in [3.05, 3.63) is 46.4 Å². The Kier molecular flexibility index (Phi) is 7.84. The summed E-state index contributed by atoms with van der Waals surface area (Å²) < 4.78 is 7.63. The van der Waals surface area contributed by atoms with E-state index in [2.05, 4.69) is 44.6 Å². The lowest BCUT2D eigenvalue weighted by Crippen LogP contribution is -2.44. The van der Waals surface area contributed by atoms with Crippen molar-refractivity contribution in [1.82, 2.24) is 24.8 Å². The fourth-order valence-electron chi connectivity index (χ4n) is 6.26. The third-order valence-corrected chi connectivity index (χ3v) is 8.89. The zero-order valence-electron chi connectivity index (χ0n) is 24.4. The van der Waals surface area contributed by atoms with Gasteiger partial charge in [0, 0.05) is 74.1 Å². The Hall–Kier alpha value is -3.66. The maximum Gasteiger partial charge on any atom is 0.252 e. The Morgan fingerprint density at radius 3 is 2.49 bits per heavy atom. The topological polar surface area (TPSA) is 105 Å². The lowest BCUT2D eigenvalue weighted by Gasteiger charge is -2.34. The molecule has 10 heteroatoms. The number of carbonyl (C=O) groups excluding carboxylic acids is 1. The van der Waals surface area contributed by atoms with Crippen LogP contribution in [-0.2, 0) is 4.79 Å². The van der Waals surface area contributed by atoms with Crippen molar-refractivity contribution in [3.8, 4) is 5.75 Å². The van der Waals surface area contributed by atoms with E-state index >= 15 is 0 Å².